The van der Waals surface area contributed by atoms with Gasteiger partial charge in [-0.1, -0.05) is 23.2 Å². The van der Waals surface area contributed by atoms with Crippen molar-refractivity contribution in [2.75, 3.05) is 11.9 Å². The third-order valence-electron chi connectivity index (χ3n) is 3.57. The molecule has 0 heterocycles. The first kappa shape index (κ1) is 19.7. The lowest BCUT2D eigenvalue weighted by atomic mass is 10.1. The van der Waals surface area contributed by atoms with Gasteiger partial charge >= 0.3 is 5.97 Å². The topological polar surface area (TPSA) is 98.5 Å². The van der Waals surface area contributed by atoms with E-state index in [1.54, 1.807) is 13.8 Å². The fourth-order valence-electron chi connectivity index (χ4n) is 2.10. The van der Waals surface area contributed by atoms with Crippen LogP contribution in [-0.2, 0) is 9.53 Å². The molecule has 7 nitrogen and oxygen atoms in total. The van der Waals surface area contributed by atoms with E-state index < -0.39 is 23.4 Å². The van der Waals surface area contributed by atoms with Crippen LogP contribution in [0.25, 0.3) is 0 Å². The predicted molar refractivity (Wildman–Crippen MR) is 97.9 cm³/mol. The van der Waals surface area contributed by atoms with Crippen LogP contribution in [0.2, 0.25) is 10.0 Å². The molecular formula is C17H14Cl2N2O5. The van der Waals surface area contributed by atoms with Crippen LogP contribution >= 0.6 is 23.2 Å². The van der Waals surface area contributed by atoms with Gasteiger partial charge in [0.05, 0.1) is 15.5 Å². The summed E-state index contributed by atoms with van der Waals surface area (Å²) in [4.78, 5) is 34.5. The Bertz CT molecular complexity index is 899. The highest BCUT2D eigenvalue weighted by Gasteiger charge is 2.19. The van der Waals surface area contributed by atoms with Crippen molar-refractivity contribution in [3.05, 3.63) is 67.2 Å². The average molecular weight is 397 g/mol. The molecule has 0 bridgehead atoms. The number of nitrogens with zero attached hydrogens (tertiary/aromatic N) is 1. The van der Waals surface area contributed by atoms with Crippen molar-refractivity contribution in [1.29, 1.82) is 0 Å². The van der Waals surface area contributed by atoms with Crippen LogP contribution in [0.4, 0.5) is 11.4 Å². The molecule has 2 aromatic carbocycles. The molecule has 0 radical (unpaired) electrons. The van der Waals surface area contributed by atoms with Crippen LogP contribution in [0.5, 0.6) is 0 Å². The standard InChI is InChI=1S/C17H14Cl2N2O5/c1-9-5-14(15(21(24)25)6-10(9)2)20-16(22)8-26-17(23)12-7-11(18)3-4-13(12)19/h3-7H,8H2,1-2H3,(H,20,22). The molecule has 0 atom stereocenters. The van der Waals surface area contributed by atoms with E-state index in [1.165, 1.54) is 30.3 Å². The van der Waals surface area contributed by atoms with Gasteiger partial charge in [-0.15, -0.1) is 0 Å². The second-order valence-corrected chi connectivity index (χ2v) is 6.30. The first-order chi connectivity index (χ1) is 12.2. The summed E-state index contributed by atoms with van der Waals surface area (Å²) in [5.41, 5.74) is 1.29. The molecule has 0 aliphatic heterocycles. The second-order valence-electron chi connectivity index (χ2n) is 5.46. The van der Waals surface area contributed by atoms with Crippen molar-refractivity contribution in [3.8, 4) is 0 Å². The van der Waals surface area contributed by atoms with Crippen LogP contribution < -0.4 is 5.32 Å². The normalized spacial score (nSPS) is 10.3. The smallest absolute Gasteiger partial charge is 0.340 e. The Morgan fingerprint density at radius 1 is 1.15 bits per heavy atom. The molecule has 0 unspecified atom stereocenters. The maximum absolute atomic E-state index is 12.0. The molecule has 0 fully saturated rings. The van der Waals surface area contributed by atoms with Crippen molar-refractivity contribution < 1.29 is 19.2 Å². The predicted octanol–water partition coefficient (Wildman–Crippen LogP) is 4.31. The molecule has 9 heteroatoms. The molecule has 0 aliphatic rings. The van der Waals surface area contributed by atoms with E-state index in [-0.39, 0.29) is 27.0 Å². The maximum Gasteiger partial charge on any atom is 0.340 e. The van der Waals surface area contributed by atoms with Crippen LogP contribution in [0.3, 0.4) is 0 Å². The SMILES string of the molecule is Cc1cc(NC(=O)COC(=O)c2cc(Cl)ccc2Cl)c([N+](=O)[O-])cc1C. The molecule has 1 N–H and O–H groups in total. The summed E-state index contributed by atoms with van der Waals surface area (Å²) < 4.78 is 4.89. The van der Waals surface area contributed by atoms with E-state index in [0.717, 1.165) is 11.1 Å². The van der Waals surface area contributed by atoms with Crippen LogP contribution in [-0.4, -0.2) is 23.4 Å². The summed E-state index contributed by atoms with van der Waals surface area (Å²) >= 11 is 11.7. The summed E-state index contributed by atoms with van der Waals surface area (Å²) in [7, 11) is 0. The molecule has 0 aromatic heterocycles. The summed E-state index contributed by atoms with van der Waals surface area (Å²) in [6, 6.07) is 7.10. The number of nitro groups is 1. The zero-order valence-corrected chi connectivity index (χ0v) is 15.4. The number of anilines is 1. The average Bonchev–Trinajstić information content (AvgIpc) is 2.57. The van der Waals surface area contributed by atoms with Crippen LogP contribution in [0.1, 0.15) is 21.5 Å². The van der Waals surface area contributed by atoms with Gasteiger partial charge in [-0.05, 0) is 49.2 Å². The lowest BCUT2D eigenvalue weighted by Gasteiger charge is -2.10. The molecule has 0 saturated heterocycles. The van der Waals surface area contributed by atoms with E-state index in [1.807, 2.05) is 0 Å². The van der Waals surface area contributed by atoms with Gasteiger partial charge in [0, 0.05) is 11.1 Å². The van der Waals surface area contributed by atoms with Gasteiger partial charge in [0.2, 0.25) is 0 Å². The fourth-order valence-corrected chi connectivity index (χ4v) is 2.47. The lowest BCUT2D eigenvalue weighted by molar-refractivity contribution is -0.384. The number of esters is 1. The first-order valence-corrected chi connectivity index (χ1v) is 8.12. The summed E-state index contributed by atoms with van der Waals surface area (Å²) in [5, 5.41) is 13.9. The molecule has 0 spiro atoms. The number of nitrogens with one attached hydrogen (secondary N) is 1. The summed E-state index contributed by atoms with van der Waals surface area (Å²) in [6.45, 7) is 2.85. The summed E-state index contributed by atoms with van der Waals surface area (Å²) in [6.07, 6.45) is 0. The Labute approximate surface area is 159 Å². The number of nitro benzene ring substituents is 1. The third-order valence-corrected chi connectivity index (χ3v) is 4.13. The maximum atomic E-state index is 12.0. The monoisotopic (exact) mass is 396 g/mol. The van der Waals surface area contributed by atoms with Crippen LogP contribution in [0.15, 0.2) is 30.3 Å². The molecule has 2 aromatic rings. The number of carbonyl (C=O) groups excluding carboxylic acids is 2. The minimum absolute atomic E-state index is 0.0177. The van der Waals surface area contributed by atoms with Gasteiger partial charge in [0.15, 0.2) is 6.61 Å². The number of amides is 1. The summed E-state index contributed by atoms with van der Waals surface area (Å²) in [5.74, 6) is -1.55. The zero-order chi connectivity index (χ0) is 19.4. The second kappa shape index (κ2) is 8.16. The third kappa shape index (κ3) is 4.71. The van der Waals surface area contributed by atoms with Crippen molar-refractivity contribution >= 4 is 46.5 Å². The van der Waals surface area contributed by atoms with Crippen molar-refractivity contribution in [2.24, 2.45) is 0 Å². The first-order valence-electron chi connectivity index (χ1n) is 7.36. The number of rotatable bonds is 5. The Morgan fingerprint density at radius 3 is 2.46 bits per heavy atom. The number of hydrogen-bond donors (Lipinski definition) is 1. The number of aryl methyl sites for hydroxylation is 2. The minimum atomic E-state index is -0.831. The highest BCUT2D eigenvalue weighted by atomic mass is 35.5. The van der Waals surface area contributed by atoms with Gasteiger partial charge in [0.1, 0.15) is 5.69 Å². The molecule has 26 heavy (non-hydrogen) atoms. The quantitative estimate of drug-likeness (QED) is 0.461. The van der Waals surface area contributed by atoms with E-state index >= 15 is 0 Å². The van der Waals surface area contributed by atoms with Gasteiger partial charge in [-0.25, -0.2) is 4.79 Å². The number of carbonyl (C=O) groups is 2. The molecule has 136 valence electrons. The Kier molecular flexibility index (Phi) is 6.18. The van der Waals surface area contributed by atoms with E-state index in [9.17, 15) is 19.7 Å². The van der Waals surface area contributed by atoms with Crippen molar-refractivity contribution in [2.45, 2.75) is 13.8 Å². The highest BCUT2D eigenvalue weighted by molar-refractivity contribution is 6.35. The Balaban J connectivity index is 2.08. The van der Waals surface area contributed by atoms with Gasteiger partial charge in [-0.3, -0.25) is 14.9 Å². The van der Waals surface area contributed by atoms with E-state index in [0.29, 0.717) is 0 Å². The molecule has 0 saturated carbocycles. The van der Waals surface area contributed by atoms with E-state index in [2.05, 4.69) is 5.32 Å². The molecule has 1 amide bonds. The van der Waals surface area contributed by atoms with Crippen LogP contribution in [0, 0.1) is 24.0 Å². The Hall–Kier alpha value is -2.64. The number of ether oxygens (including phenoxy) is 1. The van der Waals surface area contributed by atoms with Crippen molar-refractivity contribution in [1.82, 2.24) is 0 Å². The molecule has 0 aliphatic carbocycles. The lowest BCUT2D eigenvalue weighted by Crippen LogP contribution is -2.21. The van der Waals surface area contributed by atoms with Gasteiger partial charge in [0.25, 0.3) is 11.6 Å². The number of benzene rings is 2. The van der Waals surface area contributed by atoms with Crippen molar-refractivity contribution in [3.63, 3.8) is 0 Å². The number of hydrogen-bond acceptors (Lipinski definition) is 5. The van der Waals surface area contributed by atoms with Gasteiger partial charge in [-0.2, -0.15) is 0 Å². The Morgan fingerprint density at radius 2 is 1.81 bits per heavy atom. The molecular weight excluding hydrogens is 383 g/mol. The zero-order valence-electron chi connectivity index (χ0n) is 13.8. The highest BCUT2D eigenvalue weighted by Crippen LogP contribution is 2.28. The fraction of sp³-hybridized carbons (Fsp3) is 0.176. The largest absolute Gasteiger partial charge is 0.452 e. The number of halogens is 2. The molecule has 2 rings (SSSR count). The van der Waals surface area contributed by atoms with E-state index in [4.69, 9.17) is 27.9 Å². The van der Waals surface area contributed by atoms with Gasteiger partial charge < -0.3 is 10.1 Å². The minimum Gasteiger partial charge on any atom is -0.452 e.